The van der Waals surface area contributed by atoms with Crippen LogP contribution < -0.4 is 5.32 Å². The number of fused-ring (bicyclic) bond motifs is 1. The van der Waals surface area contributed by atoms with Crippen molar-refractivity contribution in [3.8, 4) is 0 Å². The van der Waals surface area contributed by atoms with Gasteiger partial charge in [-0.05, 0) is 23.6 Å². The van der Waals surface area contributed by atoms with Gasteiger partial charge in [-0.15, -0.1) is 22.7 Å². The molecule has 0 aliphatic carbocycles. The van der Waals surface area contributed by atoms with Crippen molar-refractivity contribution < 1.29 is 14.4 Å². The number of nitrogens with one attached hydrogen (secondary N) is 1. The first-order chi connectivity index (χ1) is 12.6. The lowest BCUT2D eigenvalue weighted by molar-refractivity contribution is -0.119. The number of benzene rings is 1. The molecule has 26 heavy (non-hydrogen) atoms. The van der Waals surface area contributed by atoms with Crippen molar-refractivity contribution in [1.82, 2.24) is 9.88 Å². The van der Waals surface area contributed by atoms with E-state index in [0.717, 1.165) is 9.78 Å². The predicted octanol–water partition coefficient (Wildman–Crippen LogP) is 3.05. The van der Waals surface area contributed by atoms with Gasteiger partial charge < -0.3 is 5.32 Å². The summed E-state index contributed by atoms with van der Waals surface area (Å²) in [7, 11) is 0. The Morgan fingerprint density at radius 1 is 1.04 bits per heavy atom. The van der Waals surface area contributed by atoms with Crippen molar-refractivity contribution >= 4 is 45.5 Å². The maximum Gasteiger partial charge on any atom is 0.262 e. The minimum Gasteiger partial charge on any atom is -0.300 e. The molecule has 3 heterocycles. The zero-order valence-corrected chi connectivity index (χ0v) is 15.0. The van der Waals surface area contributed by atoms with E-state index in [1.54, 1.807) is 35.8 Å². The fraction of sp³-hybridized carbons (Fsp3) is 0.111. The third-order valence-corrected chi connectivity index (χ3v) is 5.66. The topological polar surface area (TPSA) is 79.4 Å². The van der Waals surface area contributed by atoms with Crippen molar-refractivity contribution in [2.45, 2.75) is 12.5 Å². The minimum absolute atomic E-state index is 0.264. The highest BCUT2D eigenvalue weighted by Gasteiger charge is 2.42. The smallest absolute Gasteiger partial charge is 0.262 e. The molecule has 3 aromatic rings. The van der Waals surface area contributed by atoms with Gasteiger partial charge in [-0.2, -0.15) is 0 Å². The SMILES string of the molecule is O=C(Nc1nccs1)C(Cc1cccs1)N1C(=O)c2ccccc2C1=O. The molecule has 1 aromatic carbocycles. The van der Waals surface area contributed by atoms with E-state index in [2.05, 4.69) is 10.3 Å². The van der Waals surface area contributed by atoms with Gasteiger partial charge in [0.15, 0.2) is 5.13 Å². The second kappa shape index (κ2) is 6.81. The van der Waals surface area contributed by atoms with Crippen LogP contribution in [0.4, 0.5) is 5.13 Å². The van der Waals surface area contributed by atoms with Crippen LogP contribution in [0.5, 0.6) is 0 Å². The Balaban J connectivity index is 1.68. The van der Waals surface area contributed by atoms with Crippen LogP contribution >= 0.6 is 22.7 Å². The van der Waals surface area contributed by atoms with Crippen LogP contribution in [0.2, 0.25) is 0 Å². The Labute approximate surface area is 157 Å². The van der Waals surface area contributed by atoms with Crippen molar-refractivity contribution in [2.75, 3.05) is 5.32 Å². The summed E-state index contributed by atoms with van der Waals surface area (Å²) in [6.45, 7) is 0. The first-order valence-corrected chi connectivity index (χ1v) is 9.61. The fourth-order valence-electron chi connectivity index (χ4n) is 2.89. The van der Waals surface area contributed by atoms with Crippen molar-refractivity contribution in [2.24, 2.45) is 0 Å². The minimum atomic E-state index is -0.940. The lowest BCUT2D eigenvalue weighted by atomic mass is 10.1. The van der Waals surface area contributed by atoms with Gasteiger partial charge in [0.2, 0.25) is 5.91 Å². The molecule has 2 aromatic heterocycles. The average Bonchev–Trinajstić information content (AvgIpc) is 3.38. The number of aromatic nitrogens is 1. The molecule has 1 aliphatic rings. The molecule has 1 unspecified atom stereocenters. The van der Waals surface area contributed by atoms with Crippen LogP contribution in [-0.4, -0.2) is 33.6 Å². The fourth-order valence-corrected chi connectivity index (χ4v) is 4.16. The molecule has 8 heteroatoms. The monoisotopic (exact) mass is 383 g/mol. The Bertz CT molecular complexity index is 933. The van der Waals surface area contributed by atoms with E-state index in [1.165, 1.54) is 22.7 Å². The Morgan fingerprint density at radius 3 is 2.35 bits per heavy atom. The summed E-state index contributed by atoms with van der Waals surface area (Å²) >= 11 is 2.76. The summed E-state index contributed by atoms with van der Waals surface area (Å²) < 4.78 is 0. The molecular weight excluding hydrogens is 370 g/mol. The number of amides is 3. The number of nitrogens with zero attached hydrogens (tertiary/aromatic N) is 2. The Kier molecular flexibility index (Phi) is 4.36. The van der Waals surface area contributed by atoms with Crippen LogP contribution in [0.1, 0.15) is 25.6 Å². The van der Waals surface area contributed by atoms with E-state index in [1.807, 2.05) is 17.5 Å². The van der Waals surface area contributed by atoms with Crippen molar-refractivity contribution in [3.05, 3.63) is 69.4 Å². The third kappa shape index (κ3) is 2.93. The molecule has 3 amide bonds. The van der Waals surface area contributed by atoms with Gasteiger partial charge in [-0.1, -0.05) is 18.2 Å². The highest BCUT2D eigenvalue weighted by molar-refractivity contribution is 7.13. The number of thiazole rings is 1. The summed E-state index contributed by atoms with van der Waals surface area (Å²) in [4.78, 5) is 44.5. The summed E-state index contributed by atoms with van der Waals surface area (Å²) in [5.41, 5.74) is 0.659. The number of carbonyl (C=O) groups is 3. The van der Waals surface area contributed by atoms with Crippen LogP contribution in [0.25, 0.3) is 0 Å². The average molecular weight is 383 g/mol. The largest absolute Gasteiger partial charge is 0.300 e. The summed E-state index contributed by atoms with van der Waals surface area (Å²) in [6.07, 6.45) is 1.84. The van der Waals surface area contributed by atoms with E-state index < -0.39 is 23.8 Å². The first-order valence-electron chi connectivity index (χ1n) is 7.85. The van der Waals surface area contributed by atoms with Crippen LogP contribution in [0.3, 0.4) is 0 Å². The van der Waals surface area contributed by atoms with E-state index in [0.29, 0.717) is 16.3 Å². The van der Waals surface area contributed by atoms with Crippen LogP contribution in [0.15, 0.2) is 53.4 Å². The van der Waals surface area contributed by atoms with Gasteiger partial charge in [0.1, 0.15) is 6.04 Å². The first kappa shape index (κ1) is 16.6. The number of hydrogen-bond donors (Lipinski definition) is 1. The molecule has 1 N–H and O–H groups in total. The molecule has 0 spiro atoms. The summed E-state index contributed by atoms with van der Waals surface area (Å²) in [5.74, 6) is -1.31. The molecule has 6 nitrogen and oxygen atoms in total. The highest BCUT2D eigenvalue weighted by atomic mass is 32.1. The molecule has 130 valence electrons. The number of thiophene rings is 1. The Morgan fingerprint density at radius 2 is 1.77 bits per heavy atom. The van der Waals surface area contributed by atoms with Gasteiger partial charge in [0.25, 0.3) is 11.8 Å². The molecule has 4 rings (SSSR count). The molecule has 0 radical (unpaired) electrons. The Hall–Kier alpha value is -2.84. The summed E-state index contributed by atoms with van der Waals surface area (Å²) in [6, 6.07) is 9.44. The normalized spacial score (nSPS) is 14.4. The molecule has 1 atom stereocenters. The molecule has 0 saturated carbocycles. The zero-order chi connectivity index (χ0) is 18.1. The number of rotatable bonds is 5. The maximum atomic E-state index is 12.9. The highest BCUT2D eigenvalue weighted by Crippen LogP contribution is 2.27. The van der Waals surface area contributed by atoms with Gasteiger partial charge >= 0.3 is 0 Å². The van der Waals surface area contributed by atoms with Gasteiger partial charge in [0, 0.05) is 22.9 Å². The van der Waals surface area contributed by atoms with Crippen molar-refractivity contribution in [3.63, 3.8) is 0 Å². The van der Waals surface area contributed by atoms with E-state index in [-0.39, 0.29) is 6.42 Å². The maximum absolute atomic E-state index is 12.9. The standard InChI is InChI=1S/C18H13N3O3S2/c22-15(20-18-19-7-9-26-18)14(10-11-4-3-8-25-11)21-16(23)12-5-1-2-6-13(12)17(21)24/h1-9,14H,10H2,(H,19,20,22). The number of imide groups is 1. The second-order valence-electron chi connectivity index (χ2n) is 5.65. The quantitative estimate of drug-likeness (QED) is 0.687. The third-order valence-electron chi connectivity index (χ3n) is 4.08. The second-order valence-corrected chi connectivity index (χ2v) is 7.58. The number of hydrogen-bond acceptors (Lipinski definition) is 6. The number of carbonyl (C=O) groups excluding carboxylic acids is 3. The summed E-state index contributed by atoms with van der Waals surface area (Å²) in [5, 5.41) is 6.78. The van der Waals surface area contributed by atoms with E-state index in [4.69, 9.17) is 0 Å². The molecule has 0 bridgehead atoms. The van der Waals surface area contributed by atoms with E-state index >= 15 is 0 Å². The molecule has 0 fully saturated rings. The van der Waals surface area contributed by atoms with Crippen LogP contribution in [-0.2, 0) is 11.2 Å². The predicted molar refractivity (Wildman–Crippen MR) is 99.5 cm³/mol. The van der Waals surface area contributed by atoms with Gasteiger partial charge in [-0.25, -0.2) is 4.98 Å². The van der Waals surface area contributed by atoms with E-state index in [9.17, 15) is 14.4 Å². The van der Waals surface area contributed by atoms with Crippen molar-refractivity contribution in [1.29, 1.82) is 0 Å². The zero-order valence-electron chi connectivity index (χ0n) is 13.4. The molecule has 1 aliphatic heterocycles. The molecular formula is C18H13N3O3S2. The lowest BCUT2D eigenvalue weighted by Crippen LogP contribution is -2.48. The molecule has 0 saturated heterocycles. The van der Waals surface area contributed by atoms with Gasteiger partial charge in [-0.3, -0.25) is 19.3 Å². The lowest BCUT2D eigenvalue weighted by Gasteiger charge is -2.24. The number of anilines is 1. The van der Waals surface area contributed by atoms with Crippen LogP contribution in [0, 0.1) is 0 Å². The van der Waals surface area contributed by atoms with Gasteiger partial charge in [0.05, 0.1) is 11.1 Å².